The molecule has 0 atom stereocenters. The van der Waals surface area contributed by atoms with Crippen LogP contribution >= 0.6 is 0 Å². The predicted molar refractivity (Wildman–Crippen MR) is 69.2 cm³/mol. The normalized spacial score (nSPS) is 9.95. The Kier molecular flexibility index (Phi) is 6.31. The molecule has 3 N–H and O–H groups in total. The van der Waals surface area contributed by atoms with Crippen LogP contribution in [0.1, 0.15) is 16.8 Å². The Morgan fingerprint density at radius 1 is 1.42 bits per heavy atom. The molecule has 7 heteroatoms. The summed E-state index contributed by atoms with van der Waals surface area (Å²) in [5, 5.41) is 14.4. The molecule has 7 nitrogen and oxygen atoms in total. The summed E-state index contributed by atoms with van der Waals surface area (Å²) in [6.45, 7) is 1.33. The van der Waals surface area contributed by atoms with Crippen LogP contribution in [0.5, 0.6) is 0 Å². The van der Waals surface area contributed by atoms with E-state index < -0.39 is 5.97 Å². The molecule has 0 saturated carbocycles. The number of carboxylic acids is 1. The van der Waals surface area contributed by atoms with Gasteiger partial charge in [0.1, 0.15) is 5.82 Å². The molecule has 1 aromatic heterocycles. The Bertz CT molecular complexity index is 437. The number of rotatable bonds is 8. The van der Waals surface area contributed by atoms with Gasteiger partial charge in [-0.05, 0) is 12.1 Å². The van der Waals surface area contributed by atoms with Crippen LogP contribution in [0.25, 0.3) is 0 Å². The van der Waals surface area contributed by atoms with Gasteiger partial charge in [-0.25, -0.2) is 9.78 Å². The van der Waals surface area contributed by atoms with Gasteiger partial charge in [0.25, 0.3) is 0 Å². The molecule has 0 aliphatic heterocycles. The molecule has 1 rings (SSSR count). The maximum atomic E-state index is 11.4. The Morgan fingerprint density at radius 3 is 2.89 bits per heavy atom. The first-order chi connectivity index (χ1) is 9.13. The van der Waals surface area contributed by atoms with E-state index in [9.17, 15) is 9.59 Å². The van der Waals surface area contributed by atoms with Gasteiger partial charge in [0.2, 0.25) is 5.91 Å². The minimum Gasteiger partial charge on any atom is -0.478 e. The predicted octanol–water partition coefficient (Wildman–Crippen LogP) is 0.344. The lowest BCUT2D eigenvalue weighted by molar-refractivity contribution is -0.121. The van der Waals surface area contributed by atoms with E-state index in [0.717, 1.165) is 0 Å². The molecule has 0 unspecified atom stereocenters. The van der Waals surface area contributed by atoms with Crippen LogP contribution in [0.2, 0.25) is 0 Å². The molecule has 19 heavy (non-hydrogen) atoms. The fourth-order valence-corrected chi connectivity index (χ4v) is 1.35. The number of pyridine rings is 1. The lowest BCUT2D eigenvalue weighted by Gasteiger charge is -2.07. The molecular weight excluding hydrogens is 250 g/mol. The lowest BCUT2D eigenvalue weighted by atomic mass is 10.2. The van der Waals surface area contributed by atoms with Gasteiger partial charge in [-0.3, -0.25) is 4.79 Å². The zero-order valence-electron chi connectivity index (χ0n) is 10.7. The highest BCUT2D eigenvalue weighted by Crippen LogP contribution is 2.06. The summed E-state index contributed by atoms with van der Waals surface area (Å²) in [6.07, 6.45) is 1.69. The molecular formula is C12H17N3O4. The van der Waals surface area contributed by atoms with Crippen molar-refractivity contribution in [2.24, 2.45) is 0 Å². The standard InChI is InChI=1S/C12H17N3O4/c1-19-7-6-15-11(16)3-5-14-10-8-9(12(17)18)2-4-13-10/h2,4,8H,3,5-7H2,1H3,(H,13,14)(H,15,16)(H,17,18). The molecule has 0 radical (unpaired) electrons. The van der Waals surface area contributed by atoms with Crippen LogP contribution in [0, 0.1) is 0 Å². The summed E-state index contributed by atoms with van der Waals surface area (Å²) < 4.78 is 4.81. The number of anilines is 1. The van der Waals surface area contributed by atoms with Crippen LogP contribution in [-0.4, -0.2) is 48.8 Å². The Morgan fingerprint density at radius 2 is 2.21 bits per heavy atom. The van der Waals surface area contributed by atoms with Crippen molar-refractivity contribution in [3.63, 3.8) is 0 Å². The van der Waals surface area contributed by atoms with Crippen molar-refractivity contribution in [3.8, 4) is 0 Å². The molecule has 0 aliphatic rings. The lowest BCUT2D eigenvalue weighted by Crippen LogP contribution is -2.28. The van der Waals surface area contributed by atoms with Gasteiger partial charge in [0.05, 0.1) is 12.2 Å². The van der Waals surface area contributed by atoms with E-state index in [2.05, 4.69) is 15.6 Å². The maximum absolute atomic E-state index is 11.4. The number of carbonyl (C=O) groups excluding carboxylic acids is 1. The Hall–Kier alpha value is -2.15. The van der Waals surface area contributed by atoms with Gasteiger partial charge in [-0.15, -0.1) is 0 Å². The summed E-state index contributed by atoms with van der Waals surface area (Å²) >= 11 is 0. The van der Waals surface area contributed by atoms with E-state index in [0.29, 0.717) is 25.5 Å². The van der Waals surface area contributed by atoms with Crippen LogP contribution in [0.4, 0.5) is 5.82 Å². The average molecular weight is 267 g/mol. The topological polar surface area (TPSA) is 101 Å². The average Bonchev–Trinajstić information content (AvgIpc) is 2.39. The van der Waals surface area contributed by atoms with Gasteiger partial charge in [-0.2, -0.15) is 0 Å². The SMILES string of the molecule is COCCNC(=O)CCNc1cc(C(=O)O)ccn1. The Labute approximate surface area is 111 Å². The molecule has 104 valence electrons. The number of aromatic nitrogens is 1. The monoisotopic (exact) mass is 267 g/mol. The van der Waals surface area contributed by atoms with E-state index in [1.807, 2.05) is 0 Å². The highest BCUT2D eigenvalue weighted by Gasteiger charge is 2.04. The first-order valence-electron chi connectivity index (χ1n) is 5.82. The molecule has 0 aliphatic carbocycles. The van der Waals surface area contributed by atoms with E-state index >= 15 is 0 Å². The van der Waals surface area contributed by atoms with Crippen molar-refractivity contribution < 1.29 is 19.4 Å². The fraction of sp³-hybridized carbons (Fsp3) is 0.417. The number of carbonyl (C=O) groups is 2. The zero-order valence-corrected chi connectivity index (χ0v) is 10.7. The van der Waals surface area contributed by atoms with Gasteiger partial charge < -0.3 is 20.5 Å². The van der Waals surface area contributed by atoms with Crippen LogP contribution < -0.4 is 10.6 Å². The third-order valence-electron chi connectivity index (χ3n) is 2.29. The highest BCUT2D eigenvalue weighted by molar-refractivity contribution is 5.88. The Balaban J connectivity index is 2.31. The number of carboxylic acid groups (broad SMARTS) is 1. The van der Waals surface area contributed by atoms with Crippen molar-refractivity contribution in [2.75, 3.05) is 32.1 Å². The summed E-state index contributed by atoms with van der Waals surface area (Å²) in [6, 6.07) is 2.83. The first kappa shape index (κ1) is 14.9. The fourth-order valence-electron chi connectivity index (χ4n) is 1.35. The van der Waals surface area contributed by atoms with Gasteiger partial charge in [0, 0.05) is 32.8 Å². The summed E-state index contributed by atoms with van der Waals surface area (Å²) in [4.78, 5) is 26.1. The largest absolute Gasteiger partial charge is 0.478 e. The first-order valence-corrected chi connectivity index (χ1v) is 5.82. The third-order valence-corrected chi connectivity index (χ3v) is 2.29. The molecule has 0 fully saturated rings. The molecule has 1 aromatic rings. The molecule has 0 bridgehead atoms. The highest BCUT2D eigenvalue weighted by atomic mass is 16.5. The van der Waals surface area contributed by atoms with Crippen molar-refractivity contribution >= 4 is 17.7 Å². The van der Waals surface area contributed by atoms with Crippen LogP contribution in [-0.2, 0) is 9.53 Å². The number of amides is 1. The third kappa shape index (κ3) is 5.82. The molecule has 1 heterocycles. The smallest absolute Gasteiger partial charge is 0.335 e. The minimum absolute atomic E-state index is 0.0982. The van der Waals surface area contributed by atoms with Gasteiger partial charge in [-0.1, -0.05) is 0 Å². The van der Waals surface area contributed by atoms with Crippen molar-refractivity contribution in [2.45, 2.75) is 6.42 Å². The zero-order chi connectivity index (χ0) is 14.1. The molecule has 0 spiro atoms. The second-order valence-corrected chi connectivity index (χ2v) is 3.75. The molecule has 0 saturated heterocycles. The number of hydrogen-bond donors (Lipinski definition) is 3. The van der Waals surface area contributed by atoms with E-state index in [1.165, 1.54) is 18.3 Å². The maximum Gasteiger partial charge on any atom is 0.335 e. The summed E-state index contributed by atoms with van der Waals surface area (Å²) in [5.74, 6) is -0.675. The van der Waals surface area contributed by atoms with Crippen LogP contribution in [0.3, 0.4) is 0 Å². The number of aromatic carboxylic acids is 1. The summed E-state index contributed by atoms with van der Waals surface area (Å²) in [7, 11) is 1.56. The van der Waals surface area contributed by atoms with Gasteiger partial charge >= 0.3 is 5.97 Å². The number of hydrogen-bond acceptors (Lipinski definition) is 5. The number of nitrogens with one attached hydrogen (secondary N) is 2. The number of nitrogens with zero attached hydrogens (tertiary/aromatic N) is 1. The van der Waals surface area contributed by atoms with Crippen LogP contribution in [0.15, 0.2) is 18.3 Å². The minimum atomic E-state index is -1.01. The van der Waals surface area contributed by atoms with E-state index in [-0.39, 0.29) is 17.9 Å². The van der Waals surface area contributed by atoms with Crippen molar-refractivity contribution in [3.05, 3.63) is 23.9 Å². The van der Waals surface area contributed by atoms with E-state index in [4.69, 9.17) is 9.84 Å². The quantitative estimate of drug-likeness (QED) is 0.587. The van der Waals surface area contributed by atoms with Crippen molar-refractivity contribution in [1.82, 2.24) is 10.3 Å². The number of methoxy groups -OCH3 is 1. The molecule has 1 amide bonds. The van der Waals surface area contributed by atoms with Gasteiger partial charge in [0.15, 0.2) is 0 Å². The van der Waals surface area contributed by atoms with Crippen molar-refractivity contribution in [1.29, 1.82) is 0 Å². The summed E-state index contributed by atoms with van der Waals surface area (Å²) in [5.41, 5.74) is 0.155. The number of ether oxygens (including phenoxy) is 1. The van der Waals surface area contributed by atoms with E-state index in [1.54, 1.807) is 7.11 Å². The second-order valence-electron chi connectivity index (χ2n) is 3.75. The second kappa shape index (κ2) is 8.04. The molecule has 0 aromatic carbocycles.